The molecule has 0 unspecified atom stereocenters. The zero-order valence-electron chi connectivity index (χ0n) is 10.7. The summed E-state index contributed by atoms with van der Waals surface area (Å²) in [5, 5.41) is 12.6. The van der Waals surface area contributed by atoms with Crippen molar-refractivity contribution < 1.29 is 9.63 Å². The summed E-state index contributed by atoms with van der Waals surface area (Å²) in [5.74, 6) is -0.500. The van der Waals surface area contributed by atoms with Gasteiger partial charge in [-0.05, 0) is 5.56 Å². The lowest BCUT2D eigenvalue weighted by Gasteiger charge is -2.00. The van der Waals surface area contributed by atoms with E-state index in [2.05, 4.69) is 5.16 Å². The monoisotopic (exact) mass is 264 g/mol. The third-order valence-corrected chi connectivity index (χ3v) is 2.58. The van der Waals surface area contributed by atoms with Gasteiger partial charge in [-0.3, -0.25) is 0 Å². The molecule has 0 aromatic heterocycles. The van der Waals surface area contributed by atoms with Crippen molar-refractivity contribution in [3.8, 4) is 6.07 Å². The Hall–Kier alpha value is -2.93. The predicted octanol–water partition coefficient (Wildman–Crippen LogP) is 2.70. The van der Waals surface area contributed by atoms with E-state index in [0.717, 1.165) is 5.56 Å². The maximum absolute atomic E-state index is 11.6. The third-order valence-electron chi connectivity index (χ3n) is 2.58. The maximum Gasteiger partial charge on any atom is 0.339 e. The molecule has 20 heavy (non-hydrogen) atoms. The molecule has 0 saturated carbocycles. The van der Waals surface area contributed by atoms with Crippen LogP contribution in [0.3, 0.4) is 0 Å². The number of carbonyl (C=O) groups is 1. The fraction of sp³-hybridized carbons (Fsp3) is 0.0625. The molecule has 0 fully saturated rings. The quantitative estimate of drug-likeness (QED) is 0.484. The average Bonchev–Trinajstić information content (AvgIpc) is 2.50. The SMILES string of the molecule is N#C/C(=N\OC(=O)Cc1ccccc1)c1ccccc1. The summed E-state index contributed by atoms with van der Waals surface area (Å²) in [6, 6.07) is 20.0. The van der Waals surface area contributed by atoms with Gasteiger partial charge >= 0.3 is 5.97 Å². The van der Waals surface area contributed by atoms with Gasteiger partial charge in [0.05, 0.1) is 6.42 Å². The first-order valence-electron chi connectivity index (χ1n) is 6.07. The molecule has 2 rings (SSSR count). The van der Waals surface area contributed by atoms with Gasteiger partial charge < -0.3 is 4.84 Å². The van der Waals surface area contributed by atoms with Crippen molar-refractivity contribution in [3.63, 3.8) is 0 Å². The molecule has 0 N–H and O–H groups in total. The number of oxime groups is 1. The van der Waals surface area contributed by atoms with E-state index in [9.17, 15) is 4.79 Å². The van der Waals surface area contributed by atoms with Crippen LogP contribution in [-0.2, 0) is 16.1 Å². The zero-order chi connectivity index (χ0) is 14.2. The van der Waals surface area contributed by atoms with Crippen LogP contribution in [0.5, 0.6) is 0 Å². The minimum atomic E-state index is -0.500. The summed E-state index contributed by atoms with van der Waals surface area (Å²) in [7, 11) is 0. The van der Waals surface area contributed by atoms with Gasteiger partial charge in [-0.2, -0.15) is 5.26 Å². The smallest absolute Gasteiger partial charge is 0.317 e. The molecule has 2 aromatic carbocycles. The molecule has 2 aromatic rings. The molecular weight excluding hydrogens is 252 g/mol. The van der Waals surface area contributed by atoms with Crippen molar-refractivity contribution in [3.05, 3.63) is 71.8 Å². The topological polar surface area (TPSA) is 62.4 Å². The van der Waals surface area contributed by atoms with Crippen molar-refractivity contribution in [1.82, 2.24) is 0 Å². The Balaban J connectivity index is 2.01. The molecule has 4 heteroatoms. The Bertz CT molecular complexity index is 643. The van der Waals surface area contributed by atoms with Crippen molar-refractivity contribution in [1.29, 1.82) is 5.26 Å². The van der Waals surface area contributed by atoms with Crippen molar-refractivity contribution in [2.75, 3.05) is 0 Å². The summed E-state index contributed by atoms with van der Waals surface area (Å²) in [6.07, 6.45) is 0.123. The number of nitriles is 1. The molecule has 4 nitrogen and oxygen atoms in total. The number of rotatable bonds is 4. The van der Waals surface area contributed by atoms with Crippen molar-refractivity contribution >= 4 is 11.7 Å². The van der Waals surface area contributed by atoms with Crippen LogP contribution in [0, 0.1) is 11.3 Å². The fourth-order valence-electron chi connectivity index (χ4n) is 1.63. The first-order valence-corrected chi connectivity index (χ1v) is 6.07. The Morgan fingerprint density at radius 2 is 1.65 bits per heavy atom. The largest absolute Gasteiger partial charge is 0.339 e. The molecule has 0 bridgehead atoms. The second kappa shape index (κ2) is 6.86. The maximum atomic E-state index is 11.6. The van der Waals surface area contributed by atoms with E-state index in [-0.39, 0.29) is 12.1 Å². The molecule has 0 aliphatic rings. The standard InChI is InChI=1S/C16H12N2O2/c17-12-15(14-9-5-2-6-10-14)18-20-16(19)11-13-7-3-1-4-8-13/h1-10H,11H2/b18-15+. The molecule has 0 aliphatic carbocycles. The lowest BCUT2D eigenvalue weighted by molar-refractivity contribution is -0.142. The van der Waals surface area contributed by atoms with Crippen LogP contribution >= 0.6 is 0 Å². The minimum Gasteiger partial charge on any atom is -0.317 e. The van der Waals surface area contributed by atoms with E-state index in [4.69, 9.17) is 10.1 Å². The van der Waals surface area contributed by atoms with Gasteiger partial charge in [0.15, 0.2) is 5.71 Å². The van der Waals surface area contributed by atoms with E-state index in [0.29, 0.717) is 5.56 Å². The zero-order valence-corrected chi connectivity index (χ0v) is 10.7. The molecule has 0 saturated heterocycles. The number of carbonyl (C=O) groups excluding carboxylic acids is 1. The van der Waals surface area contributed by atoms with Crippen LogP contribution in [-0.4, -0.2) is 11.7 Å². The van der Waals surface area contributed by atoms with Crippen LogP contribution in [0.25, 0.3) is 0 Å². The van der Waals surface area contributed by atoms with Gasteiger partial charge in [0, 0.05) is 5.56 Å². The molecule has 0 aliphatic heterocycles. The van der Waals surface area contributed by atoms with Crippen LogP contribution in [0.1, 0.15) is 11.1 Å². The molecule has 98 valence electrons. The minimum absolute atomic E-state index is 0.0759. The van der Waals surface area contributed by atoms with Crippen molar-refractivity contribution in [2.24, 2.45) is 5.16 Å². The summed E-state index contributed by atoms with van der Waals surface area (Å²) in [4.78, 5) is 16.4. The molecule has 0 amide bonds. The predicted molar refractivity (Wildman–Crippen MR) is 74.8 cm³/mol. The van der Waals surface area contributed by atoms with E-state index in [1.54, 1.807) is 24.3 Å². The van der Waals surface area contributed by atoms with Gasteiger partial charge in [0.25, 0.3) is 0 Å². The van der Waals surface area contributed by atoms with Gasteiger partial charge in [0.1, 0.15) is 6.07 Å². The van der Waals surface area contributed by atoms with E-state index in [1.807, 2.05) is 42.5 Å². The summed E-state index contributed by atoms with van der Waals surface area (Å²) in [5.41, 5.74) is 1.53. The summed E-state index contributed by atoms with van der Waals surface area (Å²) >= 11 is 0. The highest BCUT2D eigenvalue weighted by Crippen LogP contribution is 2.04. The third kappa shape index (κ3) is 3.79. The molecule has 0 spiro atoms. The number of hydrogen-bond donors (Lipinski definition) is 0. The van der Waals surface area contributed by atoms with Crippen LogP contribution in [0.4, 0.5) is 0 Å². The highest BCUT2D eigenvalue weighted by molar-refractivity contribution is 6.11. The Morgan fingerprint density at radius 1 is 1.05 bits per heavy atom. The molecular formula is C16H12N2O2. The average molecular weight is 264 g/mol. The van der Waals surface area contributed by atoms with Crippen LogP contribution in [0.2, 0.25) is 0 Å². The van der Waals surface area contributed by atoms with Crippen molar-refractivity contribution in [2.45, 2.75) is 6.42 Å². The lowest BCUT2D eigenvalue weighted by Crippen LogP contribution is -2.07. The van der Waals surface area contributed by atoms with E-state index in [1.165, 1.54) is 0 Å². The highest BCUT2D eigenvalue weighted by atomic mass is 16.7. The molecule has 0 heterocycles. The number of benzene rings is 2. The molecule has 0 radical (unpaired) electrons. The Kier molecular flexibility index (Phi) is 4.63. The van der Waals surface area contributed by atoms with E-state index >= 15 is 0 Å². The van der Waals surface area contributed by atoms with Gasteiger partial charge in [0.2, 0.25) is 0 Å². The summed E-state index contributed by atoms with van der Waals surface area (Å²) < 4.78 is 0. The summed E-state index contributed by atoms with van der Waals surface area (Å²) in [6.45, 7) is 0. The second-order valence-electron chi connectivity index (χ2n) is 4.04. The van der Waals surface area contributed by atoms with Crippen LogP contribution in [0.15, 0.2) is 65.8 Å². The number of nitrogens with zero attached hydrogens (tertiary/aromatic N) is 2. The first kappa shape index (κ1) is 13.5. The van der Waals surface area contributed by atoms with E-state index < -0.39 is 5.97 Å². The Morgan fingerprint density at radius 3 is 2.25 bits per heavy atom. The first-order chi connectivity index (χ1) is 9.79. The lowest BCUT2D eigenvalue weighted by atomic mass is 10.1. The number of hydrogen-bond acceptors (Lipinski definition) is 4. The van der Waals surface area contributed by atoms with Crippen LogP contribution < -0.4 is 0 Å². The molecule has 0 atom stereocenters. The normalized spacial score (nSPS) is 10.7. The highest BCUT2D eigenvalue weighted by Gasteiger charge is 2.07. The van der Waals surface area contributed by atoms with Gasteiger partial charge in [-0.15, -0.1) is 0 Å². The van der Waals surface area contributed by atoms with Gasteiger partial charge in [-0.1, -0.05) is 65.8 Å². The fourth-order valence-corrected chi connectivity index (χ4v) is 1.63. The second-order valence-corrected chi connectivity index (χ2v) is 4.04. The van der Waals surface area contributed by atoms with Gasteiger partial charge in [-0.25, -0.2) is 4.79 Å². The Labute approximate surface area is 116 Å².